The zero-order valence-corrected chi connectivity index (χ0v) is 10.1. The molecule has 0 saturated heterocycles. The summed E-state index contributed by atoms with van der Waals surface area (Å²) >= 11 is 3.74. The van der Waals surface area contributed by atoms with Gasteiger partial charge in [0, 0.05) is 17.7 Å². The lowest BCUT2D eigenvalue weighted by Gasteiger charge is -2.25. The number of ether oxygens (including phenoxy) is 1. The van der Waals surface area contributed by atoms with Crippen LogP contribution in [0.4, 0.5) is 0 Å². The van der Waals surface area contributed by atoms with E-state index in [1.807, 2.05) is 0 Å². The Bertz CT molecular complexity index is 361. The van der Waals surface area contributed by atoms with Crippen LogP contribution in [0.2, 0.25) is 0 Å². The Kier molecular flexibility index (Phi) is 2.06. The molecule has 2 nitrogen and oxygen atoms in total. The molecule has 15 heavy (non-hydrogen) atoms. The number of alkyl halides is 1. The third-order valence-corrected chi connectivity index (χ3v) is 5.05. The Hall–Kier alpha value is -0.570. The van der Waals surface area contributed by atoms with Gasteiger partial charge in [0.15, 0.2) is 0 Å². The number of carbonyl (C=O) groups excluding carboxylic acids is 1. The third kappa shape index (κ3) is 1.25. The van der Waals surface area contributed by atoms with Gasteiger partial charge in [-0.1, -0.05) is 34.2 Å². The van der Waals surface area contributed by atoms with Gasteiger partial charge >= 0.3 is 5.97 Å². The zero-order valence-electron chi connectivity index (χ0n) is 8.47. The molecule has 3 aliphatic carbocycles. The topological polar surface area (TPSA) is 26.3 Å². The van der Waals surface area contributed by atoms with Crippen molar-refractivity contribution in [3.63, 3.8) is 0 Å². The van der Waals surface area contributed by atoms with Crippen molar-refractivity contribution in [3.8, 4) is 0 Å². The van der Waals surface area contributed by atoms with Crippen LogP contribution in [0.3, 0.4) is 0 Å². The molecule has 80 valence electrons. The molecule has 0 N–H and O–H groups in total. The van der Waals surface area contributed by atoms with Crippen LogP contribution in [0.5, 0.6) is 0 Å². The SMILES string of the molecule is CC(=O)O[C@@H]1C=C[C@@H]2[C@H]3C=C[C@@H]([C@H]3Br)[C@@H]21. The smallest absolute Gasteiger partial charge is 0.303 e. The Labute approximate surface area is 97.5 Å². The fourth-order valence-corrected chi connectivity index (χ4v) is 4.35. The average molecular weight is 269 g/mol. The number of halogens is 1. The van der Waals surface area contributed by atoms with Crippen molar-refractivity contribution >= 4 is 21.9 Å². The summed E-state index contributed by atoms with van der Waals surface area (Å²) in [6, 6.07) is 0. The van der Waals surface area contributed by atoms with Crippen LogP contribution in [-0.2, 0) is 9.53 Å². The normalized spacial score (nSPS) is 49.7. The molecule has 0 aliphatic heterocycles. The van der Waals surface area contributed by atoms with Crippen LogP contribution in [0.1, 0.15) is 6.92 Å². The molecule has 0 aromatic rings. The first-order valence-electron chi connectivity index (χ1n) is 5.36. The molecular formula is C12H13BrO2. The first kappa shape index (κ1) is 9.64. The maximum absolute atomic E-state index is 11.0. The number of allylic oxidation sites excluding steroid dienone is 3. The number of hydrogen-bond donors (Lipinski definition) is 0. The van der Waals surface area contributed by atoms with Gasteiger partial charge in [0.25, 0.3) is 0 Å². The van der Waals surface area contributed by atoms with Gasteiger partial charge in [-0.25, -0.2) is 0 Å². The predicted molar refractivity (Wildman–Crippen MR) is 60.5 cm³/mol. The van der Waals surface area contributed by atoms with Gasteiger partial charge < -0.3 is 4.74 Å². The minimum Gasteiger partial charge on any atom is -0.458 e. The molecule has 0 amide bonds. The van der Waals surface area contributed by atoms with Crippen molar-refractivity contribution in [1.82, 2.24) is 0 Å². The second kappa shape index (κ2) is 3.21. The maximum atomic E-state index is 11.0. The number of esters is 1. The lowest BCUT2D eigenvalue weighted by atomic mass is 9.84. The van der Waals surface area contributed by atoms with Gasteiger partial charge in [-0.15, -0.1) is 0 Å². The quantitative estimate of drug-likeness (QED) is 0.415. The van der Waals surface area contributed by atoms with E-state index >= 15 is 0 Å². The fourth-order valence-electron chi connectivity index (χ4n) is 3.29. The summed E-state index contributed by atoms with van der Waals surface area (Å²) in [6.07, 6.45) is 8.84. The van der Waals surface area contributed by atoms with Crippen LogP contribution in [0.15, 0.2) is 24.3 Å². The minimum absolute atomic E-state index is 0.00694. The molecule has 3 heteroatoms. The number of hydrogen-bond acceptors (Lipinski definition) is 2. The standard InChI is InChI=1S/C12H13BrO2/c1-6(14)15-10-5-4-7-8-2-3-9(11(7)10)12(8)13/h2-5,7-12H,1H3/t7-,8-,9-,10-,11-,12+/m1/s1. The highest BCUT2D eigenvalue weighted by Gasteiger charge is 2.54. The number of fused-ring (bicyclic) bond motifs is 5. The average Bonchev–Trinajstić information content (AvgIpc) is 2.79. The molecule has 1 saturated carbocycles. The maximum Gasteiger partial charge on any atom is 0.303 e. The molecule has 3 aliphatic rings. The van der Waals surface area contributed by atoms with Gasteiger partial charge in [0.1, 0.15) is 6.10 Å². The Balaban J connectivity index is 1.85. The van der Waals surface area contributed by atoms with Crippen molar-refractivity contribution < 1.29 is 9.53 Å². The molecular weight excluding hydrogens is 256 g/mol. The highest BCUT2D eigenvalue weighted by atomic mass is 79.9. The summed E-state index contributed by atoms with van der Waals surface area (Å²) in [4.78, 5) is 11.5. The largest absolute Gasteiger partial charge is 0.458 e. The van der Waals surface area contributed by atoms with Crippen LogP contribution >= 0.6 is 15.9 Å². The van der Waals surface area contributed by atoms with E-state index in [1.54, 1.807) is 0 Å². The predicted octanol–water partition coefficient (Wildman–Crippen LogP) is 2.30. The third-order valence-electron chi connectivity index (χ3n) is 3.83. The first-order chi connectivity index (χ1) is 7.18. The number of carbonyl (C=O) groups is 1. The monoisotopic (exact) mass is 268 g/mol. The second-order valence-corrected chi connectivity index (χ2v) is 5.66. The Morgan fingerprint density at radius 3 is 2.53 bits per heavy atom. The van der Waals surface area contributed by atoms with E-state index in [0.29, 0.717) is 28.5 Å². The zero-order chi connectivity index (χ0) is 10.6. The number of rotatable bonds is 1. The molecule has 0 aromatic carbocycles. The lowest BCUT2D eigenvalue weighted by molar-refractivity contribution is -0.146. The lowest BCUT2D eigenvalue weighted by Crippen LogP contribution is -2.28. The van der Waals surface area contributed by atoms with Gasteiger partial charge in [-0.2, -0.15) is 0 Å². The molecule has 0 heterocycles. The van der Waals surface area contributed by atoms with E-state index in [9.17, 15) is 4.79 Å². The summed E-state index contributed by atoms with van der Waals surface area (Å²) in [7, 11) is 0. The highest BCUT2D eigenvalue weighted by molar-refractivity contribution is 9.09. The van der Waals surface area contributed by atoms with E-state index in [2.05, 4.69) is 40.2 Å². The van der Waals surface area contributed by atoms with E-state index in [0.717, 1.165) is 0 Å². The molecule has 6 atom stereocenters. The van der Waals surface area contributed by atoms with Crippen molar-refractivity contribution in [1.29, 1.82) is 0 Å². The molecule has 2 bridgehead atoms. The minimum atomic E-state index is -0.178. The molecule has 0 radical (unpaired) electrons. The first-order valence-corrected chi connectivity index (χ1v) is 6.28. The van der Waals surface area contributed by atoms with Crippen molar-refractivity contribution in [2.75, 3.05) is 0 Å². The van der Waals surface area contributed by atoms with Crippen molar-refractivity contribution in [2.45, 2.75) is 17.9 Å². The molecule has 3 rings (SSSR count). The van der Waals surface area contributed by atoms with Crippen molar-refractivity contribution in [2.24, 2.45) is 23.7 Å². The van der Waals surface area contributed by atoms with E-state index in [1.165, 1.54) is 6.92 Å². The van der Waals surface area contributed by atoms with Crippen molar-refractivity contribution in [3.05, 3.63) is 24.3 Å². The molecule has 0 spiro atoms. The summed E-state index contributed by atoms with van der Waals surface area (Å²) in [6.45, 7) is 1.48. The molecule has 1 fully saturated rings. The van der Waals surface area contributed by atoms with Crippen LogP contribution < -0.4 is 0 Å². The summed E-state index contributed by atoms with van der Waals surface area (Å²) < 4.78 is 5.35. The van der Waals surface area contributed by atoms with Gasteiger partial charge in [0.2, 0.25) is 0 Å². The Morgan fingerprint density at radius 2 is 1.80 bits per heavy atom. The van der Waals surface area contributed by atoms with E-state index in [4.69, 9.17) is 4.74 Å². The second-order valence-electron chi connectivity index (χ2n) is 4.60. The van der Waals surface area contributed by atoms with E-state index < -0.39 is 0 Å². The molecule has 0 aromatic heterocycles. The van der Waals surface area contributed by atoms with Gasteiger partial charge in [0.05, 0.1) is 0 Å². The summed E-state index contributed by atoms with van der Waals surface area (Å²) in [5.41, 5.74) is 0. The Morgan fingerprint density at radius 1 is 1.13 bits per heavy atom. The van der Waals surface area contributed by atoms with E-state index in [-0.39, 0.29) is 12.1 Å². The fraction of sp³-hybridized carbons (Fsp3) is 0.583. The van der Waals surface area contributed by atoms with Crippen LogP contribution in [0, 0.1) is 23.7 Å². The van der Waals surface area contributed by atoms with Crippen LogP contribution in [0.25, 0.3) is 0 Å². The summed E-state index contributed by atoms with van der Waals surface area (Å²) in [5, 5.41) is 0. The van der Waals surface area contributed by atoms with Gasteiger partial charge in [-0.05, 0) is 23.8 Å². The van der Waals surface area contributed by atoms with Crippen LogP contribution in [-0.4, -0.2) is 16.9 Å². The molecule has 0 unspecified atom stereocenters. The summed E-state index contributed by atoms with van der Waals surface area (Å²) in [5.74, 6) is 1.97. The van der Waals surface area contributed by atoms with Gasteiger partial charge in [-0.3, -0.25) is 4.79 Å². The highest BCUT2D eigenvalue weighted by Crippen LogP contribution is 2.56.